The fraction of sp³-hybridized carbons (Fsp3) is 0.667. The van der Waals surface area contributed by atoms with Crippen LogP contribution in [0, 0.1) is 17.7 Å². The van der Waals surface area contributed by atoms with Crippen molar-refractivity contribution in [1.29, 1.82) is 0 Å². The van der Waals surface area contributed by atoms with Crippen molar-refractivity contribution in [1.82, 2.24) is 15.5 Å². The summed E-state index contributed by atoms with van der Waals surface area (Å²) >= 11 is 0. The predicted molar refractivity (Wildman–Crippen MR) is 111 cm³/mol. The zero-order valence-corrected chi connectivity index (χ0v) is 17.6. The van der Waals surface area contributed by atoms with E-state index in [2.05, 4.69) is 29.5 Å². The highest BCUT2D eigenvalue weighted by atomic mass is 19.1. The van der Waals surface area contributed by atoms with Crippen molar-refractivity contribution in [3.8, 4) is 0 Å². The number of rotatable bonds is 11. The summed E-state index contributed by atoms with van der Waals surface area (Å²) in [5, 5.41) is 15.9. The summed E-state index contributed by atoms with van der Waals surface area (Å²) < 4.78 is 13.9. The number of nitrogens with zero attached hydrogens (tertiary/aromatic N) is 2. The number of hydrogen-bond donors (Lipinski definition) is 3. The van der Waals surface area contributed by atoms with E-state index in [0.29, 0.717) is 30.5 Å². The van der Waals surface area contributed by atoms with E-state index in [1.165, 1.54) is 6.07 Å². The average molecular weight is 381 g/mol. The molecule has 0 fully saturated rings. The Bertz CT molecular complexity index is 575. The van der Waals surface area contributed by atoms with Crippen LogP contribution in [0.1, 0.15) is 44.7 Å². The molecule has 0 aromatic heterocycles. The largest absolute Gasteiger partial charge is 0.396 e. The van der Waals surface area contributed by atoms with Crippen LogP contribution < -0.4 is 10.6 Å². The summed E-state index contributed by atoms with van der Waals surface area (Å²) in [7, 11) is 3.86. The molecule has 1 aromatic rings. The fourth-order valence-corrected chi connectivity index (χ4v) is 3.09. The quantitative estimate of drug-likeness (QED) is 0.408. The Morgan fingerprint density at radius 2 is 2.00 bits per heavy atom. The third-order valence-electron chi connectivity index (χ3n) is 4.26. The van der Waals surface area contributed by atoms with Crippen LogP contribution in [0.25, 0.3) is 0 Å². The molecule has 0 bridgehead atoms. The number of aliphatic imine (C=N–C) groups is 1. The summed E-state index contributed by atoms with van der Waals surface area (Å²) in [5.74, 6) is 1.58. The van der Waals surface area contributed by atoms with Gasteiger partial charge in [0.25, 0.3) is 0 Å². The molecule has 3 N–H and O–H groups in total. The Hall–Kier alpha value is -1.66. The highest BCUT2D eigenvalue weighted by molar-refractivity contribution is 5.79. The smallest absolute Gasteiger partial charge is 0.191 e. The van der Waals surface area contributed by atoms with Crippen molar-refractivity contribution in [3.05, 3.63) is 35.1 Å². The summed E-state index contributed by atoms with van der Waals surface area (Å²) in [6.45, 7) is 9.24. The van der Waals surface area contributed by atoms with Gasteiger partial charge in [0.05, 0.1) is 6.54 Å². The minimum absolute atomic E-state index is 0.179. The molecule has 0 heterocycles. The Morgan fingerprint density at radius 1 is 1.26 bits per heavy atom. The number of hydrogen-bond acceptors (Lipinski definition) is 3. The van der Waals surface area contributed by atoms with Gasteiger partial charge < -0.3 is 20.6 Å². The van der Waals surface area contributed by atoms with Gasteiger partial charge in [0.15, 0.2) is 5.96 Å². The molecule has 27 heavy (non-hydrogen) atoms. The van der Waals surface area contributed by atoms with Crippen molar-refractivity contribution < 1.29 is 9.50 Å². The third-order valence-corrected chi connectivity index (χ3v) is 4.26. The number of aliphatic hydroxyl groups is 1. The summed E-state index contributed by atoms with van der Waals surface area (Å²) in [6.07, 6.45) is 1.86. The Kier molecular flexibility index (Phi) is 11.0. The number of nitrogens with one attached hydrogen (secondary N) is 2. The first-order valence-electron chi connectivity index (χ1n) is 9.90. The molecule has 6 heteroatoms. The first-order chi connectivity index (χ1) is 12.8. The van der Waals surface area contributed by atoms with Gasteiger partial charge in [0.1, 0.15) is 5.82 Å². The maximum atomic E-state index is 13.9. The molecule has 0 aliphatic rings. The van der Waals surface area contributed by atoms with E-state index in [9.17, 15) is 9.50 Å². The van der Waals surface area contributed by atoms with Crippen LogP contribution in [0.15, 0.2) is 23.2 Å². The number of benzene rings is 1. The van der Waals surface area contributed by atoms with Crippen LogP contribution in [0.2, 0.25) is 0 Å². The highest BCUT2D eigenvalue weighted by Gasteiger charge is 2.11. The molecular weight excluding hydrogens is 343 g/mol. The van der Waals surface area contributed by atoms with Gasteiger partial charge in [0, 0.05) is 31.8 Å². The second-order valence-corrected chi connectivity index (χ2v) is 7.75. The topological polar surface area (TPSA) is 59.9 Å². The average Bonchev–Trinajstić information content (AvgIpc) is 2.59. The molecule has 1 aromatic carbocycles. The lowest BCUT2D eigenvalue weighted by Crippen LogP contribution is -2.40. The molecule has 0 aliphatic heterocycles. The van der Waals surface area contributed by atoms with Gasteiger partial charge in [-0.15, -0.1) is 0 Å². The van der Waals surface area contributed by atoms with Crippen LogP contribution in [0.3, 0.4) is 0 Å². The van der Waals surface area contributed by atoms with E-state index in [1.807, 2.05) is 32.0 Å². The minimum atomic E-state index is -0.179. The zero-order valence-electron chi connectivity index (χ0n) is 17.6. The summed E-state index contributed by atoms with van der Waals surface area (Å²) in [4.78, 5) is 6.59. The van der Waals surface area contributed by atoms with E-state index in [0.717, 1.165) is 37.5 Å². The molecule has 0 saturated heterocycles. The van der Waals surface area contributed by atoms with Gasteiger partial charge in [0.2, 0.25) is 0 Å². The maximum Gasteiger partial charge on any atom is 0.191 e. The molecule has 1 rings (SSSR count). The second kappa shape index (κ2) is 12.7. The molecule has 1 unspecified atom stereocenters. The molecule has 0 aliphatic carbocycles. The first kappa shape index (κ1) is 23.4. The van der Waals surface area contributed by atoms with Gasteiger partial charge in [-0.3, -0.25) is 0 Å². The van der Waals surface area contributed by atoms with Crippen molar-refractivity contribution in [2.75, 3.05) is 33.8 Å². The first-order valence-corrected chi connectivity index (χ1v) is 9.90. The van der Waals surface area contributed by atoms with Crippen molar-refractivity contribution in [3.63, 3.8) is 0 Å². The number of guanidine groups is 1. The Morgan fingerprint density at radius 3 is 2.59 bits per heavy atom. The summed E-state index contributed by atoms with van der Waals surface area (Å²) in [5.41, 5.74) is 1.67. The molecule has 154 valence electrons. The van der Waals surface area contributed by atoms with Gasteiger partial charge in [-0.1, -0.05) is 19.9 Å². The molecule has 5 nitrogen and oxygen atoms in total. The SMILES string of the molecule is CCNC(=NCc1ccc(F)c(CN(C)C)c1)NCC(CCO)CC(C)C. The predicted octanol–water partition coefficient (Wildman–Crippen LogP) is 2.99. The van der Waals surface area contributed by atoms with E-state index in [-0.39, 0.29) is 12.4 Å². The Balaban J connectivity index is 2.75. The lowest BCUT2D eigenvalue weighted by atomic mass is 9.94. The van der Waals surface area contributed by atoms with Gasteiger partial charge in [-0.25, -0.2) is 9.38 Å². The second-order valence-electron chi connectivity index (χ2n) is 7.75. The number of halogens is 1. The molecule has 0 saturated carbocycles. The Labute approximate surface area is 164 Å². The van der Waals surface area contributed by atoms with Crippen LogP contribution in [-0.2, 0) is 13.1 Å². The highest BCUT2D eigenvalue weighted by Crippen LogP contribution is 2.15. The van der Waals surface area contributed by atoms with Crippen molar-refractivity contribution in [2.45, 2.75) is 46.7 Å². The van der Waals surface area contributed by atoms with E-state index in [4.69, 9.17) is 0 Å². The van der Waals surface area contributed by atoms with Gasteiger partial charge >= 0.3 is 0 Å². The van der Waals surface area contributed by atoms with Crippen LogP contribution in [0.4, 0.5) is 4.39 Å². The van der Waals surface area contributed by atoms with Crippen LogP contribution in [0.5, 0.6) is 0 Å². The van der Waals surface area contributed by atoms with E-state index < -0.39 is 0 Å². The van der Waals surface area contributed by atoms with E-state index in [1.54, 1.807) is 6.07 Å². The van der Waals surface area contributed by atoms with Crippen LogP contribution in [-0.4, -0.2) is 49.8 Å². The molecule has 0 radical (unpaired) electrons. The molecule has 1 atom stereocenters. The molecule has 0 spiro atoms. The van der Waals surface area contributed by atoms with E-state index >= 15 is 0 Å². The number of aliphatic hydroxyl groups excluding tert-OH is 1. The maximum absolute atomic E-state index is 13.9. The standard InChI is InChI=1S/C21H37FN4O/c1-6-23-21(25-14-18(9-10-27)11-16(2)3)24-13-17-7-8-20(22)19(12-17)15-26(4)5/h7-8,12,16,18,27H,6,9-11,13-15H2,1-5H3,(H2,23,24,25). The van der Waals surface area contributed by atoms with Gasteiger partial charge in [-0.2, -0.15) is 0 Å². The van der Waals surface area contributed by atoms with Crippen molar-refractivity contribution >= 4 is 5.96 Å². The minimum Gasteiger partial charge on any atom is -0.396 e. The van der Waals surface area contributed by atoms with Gasteiger partial charge in [-0.05, 0) is 63.4 Å². The van der Waals surface area contributed by atoms with Crippen molar-refractivity contribution in [2.24, 2.45) is 16.8 Å². The summed E-state index contributed by atoms with van der Waals surface area (Å²) in [6, 6.07) is 5.19. The third kappa shape index (κ3) is 9.73. The molecular formula is C21H37FN4O. The molecule has 0 amide bonds. The lowest BCUT2D eigenvalue weighted by molar-refractivity contribution is 0.243. The monoisotopic (exact) mass is 380 g/mol. The zero-order chi connectivity index (χ0) is 20.2. The van der Waals surface area contributed by atoms with Crippen LogP contribution >= 0.6 is 0 Å². The normalized spacial score (nSPS) is 13.3. The fourth-order valence-electron chi connectivity index (χ4n) is 3.09. The lowest BCUT2D eigenvalue weighted by Gasteiger charge is -2.20.